The van der Waals surface area contributed by atoms with Crippen LogP contribution in [0, 0.1) is 11.8 Å². The summed E-state index contributed by atoms with van der Waals surface area (Å²) in [7, 11) is 0. The minimum Gasteiger partial charge on any atom is -0.368 e. The Hall–Kier alpha value is -0.570. The first-order valence-electron chi connectivity index (χ1n) is 6.72. The second kappa shape index (κ2) is 8.51. The van der Waals surface area contributed by atoms with Crippen LogP contribution in [0.2, 0.25) is 0 Å². The third-order valence-corrected chi connectivity index (χ3v) is 2.37. The van der Waals surface area contributed by atoms with Gasteiger partial charge in [0.25, 0.3) is 0 Å². The van der Waals surface area contributed by atoms with Gasteiger partial charge in [-0.05, 0) is 38.5 Å². The minimum atomic E-state index is -0.0162. The molecule has 1 amide bonds. The van der Waals surface area contributed by atoms with E-state index in [9.17, 15) is 4.79 Å². The normalized spacial score (nSPS) is 11.9. The van der Waals surface area contributed by atoms with Crippen molar-refractivity contribution < 1.29 is 9.53 Å². The molecular formula is C14H29NO2. The highest BCUT2D eigenvalue weighted by molar-refractivity contribution is 5.77. The van der Waals surface area contributed by atoms with E-state index in [0.717, 1.165) is 12.8 Å². The van der Waals surface area contributed by atoms with Crippen LogP contribution in [-0.2, 0) is 9.53 Å². The third kappa shape index (κ3) is 10.3. The Bertz CT molecular complexity index is 202. The summed E-state index contributed by atoms with van der Waals surface area (Å²) in [5, 5.41) is 2.84. The minimum absolute atomic E-state index is 0.0162. The molecule has 0 aromatic rings. The SMILES string of the molecule is CC(C)CC(CC(C)C)OCC(=O)NC(C)C. The van der Waals surface area contributed by atoms with E-state index in [2.05, 4.69) is 33.0 Å². The van der Waals surface area contributed by atoms with Crippen molar-refractivity contribution >= 4 is 5.91 Å². The Labute approximate surface area is 106 Å². The molecule has 102 valence electrons. The molecule has 0 aliphatic carbocycles. The lowest BCUT2D eigenvalue weighted by molar-refractivity contribution is -0.128. The predicted octanol–water partition coefficient (Wildman–Crippen LogP) is 2.99. The molecule has 0 aromatic carbocycles. The monoisotopic (exact) mass is 243 g/mol. The molecule has 0 saturated carbocycles. The van der Waals surface area contributed by atoms with E-state index >= 15 is 0 Å². The van der Waals surface area contributed by atoms with E-state index in [0.29, 0.717) is 11.8 Å². The zero-order chi connectivity index (χ0) is 13.4. The molecule has 0 unspecified atom stereocenters. The first kappa shape index (κ1) is 16.4. The fourth-order valence-electron chi connectivity index (χ4n) is 1.84. The van der Waals surface area contributed by atoms with Gasteiger partial charge in [0.1, 0.15) is 6.61 Å². The maximum atomic E-state index is 11.5. The van der Waals surface area contributed by atoms with Crippen molar-refractivity contribution in [3.8, 4) is 0 Å². The van der Waals surface area contributed by atoms with Crippen LogP contribution in [0.5, 0.6) is 0 Å². The predicted molar refractivity (Wildman–Crippen MR) is 71.9 cm³/mol. The van der Waals surface area contributed by atoms with Crippen LogP contribution in [0.4, 0.5) is 0 Å². The number of ether oxygens (including phenoxy) is 1. The first-order valence-corrected chi connectivity index (χ1v) is 6.72. The van der Waals surface area contributed by atoms with Crippen molar-refractivity contribution in [3.63, 3.8) is 0 Å². The van der Waals surface area contributed by atoms with Crippen LogP contribution >= 0.6 is 0 Å². The van der Waals surface area contributed by atoms with Crippen LogP contribution in [0.15, 0.2) is 0 Å². The van der Waals surface area contributed by atoms with E-state index in [1.165, 1.54) is 0 Å². The number of rotatable bonds is 8. The summed E-state index contributed by atoms with van der Waals surface area (Å²) in [6, 6.07) is 0.180. The van der Waals surface area contributed by atoms with Crippen molar-refractivity contribution in [1.29, 1.82) is 0 Å². The lowest BCUT2D eigenvalue weighted by Gasteiger charge is -2.21. The molecule has 0 bridgehead atoms. The molecule has 0 spiro atoms. The van der Waals surface area contributed by atoms with Crippen LogP contribution in [-0.4, -0.2) is 24.7 Å². The number of hydrogen-bond acceptors (Lipinski definition) is 2. The Balaban J connectivity index is 4.01. The van der Waals surface area contributed by atoms with Gasteiger partial charge >= 0.3 is 0 Å². The van der Waals surface area contributed by atoms with E-state index in [4.69, 9.17) is 4.74 Å². The molecule has 0 aliphatic rings. The molecule has 0 heterocycles. The molecule has 1 N–H and O–H groups in total. The number of carbonyl (C=O) groups excluding carboxylic acids is 1. The molecule has 0 atom stereocenters. The van der Waals surface area contributed by atoms with Crippen molar-refractivity contribution in [2.24, 2.45) is 11.8 Å². The highest BCUT2D eigenvalue weighted by Crippen LogP contribution is 2.16. The third-order valence-electron chi connectivity index (χ3n) is 2.37. The summed E-state index contributed by atoms with van der Waals surface area (Å²) in [5.41, 5.74) is 0. The summed E-state index contributed by atoms with van der Waals surface area (Å²) < 4.78 is 5.71. The van der Waals surface area contributed by atoms with Gasteiger partial charge in [-0.1, -0.05) is 27.7 Å². The Morgan fingerprint density at radius 1 is 1.00 bits per heavy atom. The lowest BCUT2D eigenvalue weighted by atomic mass is 9.98. The quantitative estimate of drug-likeness (QED) is 0.711. The molecule has 3 heteroatoms. The summed E-state index contributed by atoms with van der Waals surface area (Å²) in [4.78, 5) is 11.5. The largest absolute Gasteiger partial charge is 0.368 e. The highest BCUT2D eigenvalue weighted by Gasteiger charge is 2.15. The topological polar surface area (TPSA) is 38.3 Å². The molecular weight excluding hydrogens is 214 g/mol. The van der Waals surface area contributed by atoms with Gasteiger partial charge in [0, 0.05) is 6.04 Å². The van der Waals surface area contributed by atoms with E-state index < -0.39 is 0 Å². The Morgan fingerprint density at radius 3 is 1.82 bits per heavy atom. The molecule has 0 aromatic heterocycles. The second-order valence-electron chi connectivity index (χ2n) is 5.91. The van der Waals surface area contributed by atoms with Gasteiger partial charge in [-0.25, -0.2) is 0 Å². The van der Waals surface area contributed by atoms with E-state index in [1.54, 1.807) is 0 Å². The Kier molecular flexibility index (Phi) is 8.23. The molecule has 0 rings (SSSR count). The van der Waals surface area contributed by atoms with Gasteiger partial charge in [0.05, 0.1) is 6.10 Å². The first-order chi connectivity index (χ1) is 7.81. The molecule has 0 aliphatic heterocycles. The zero-order valence-corrected chi connectivity index (χ0v) is 12.2. The van der Waals surface area contributed by atoms with Gasteiger partial charge in [0.2, 0.25) is 5.91 Å². The van der Waals surface area contributed by atoms with Gasteiger partial charge in [0.15, 0.2) is 0 Å². The maximum Gasteiger partial charge on any atom is 0.246 e. The van der Waals surface area contributed by atoms with Crippen molar-refractivity contribution in [1.82, 2.24) is 5.32 Å². The van der Waals surface area contributed by atoms with Gasteiger partial charge in [-0.2, -0.15) is 0 Å². The van der Waals surface area contributed by atoms with E-state index in [1.807, 2.05) is 13.8 Å². The highest BCUT2D eigenvalue weighted by atomic mass is 16.5. The zero-order valence-electron chi connectivity index (χ0n) is 12.2. The van der Waals surface area contributed by atoms with Gasteiger partial charge < -0.3 is 10.1 Å². The smallest absolute Gasteiger partial charge is 0.246 e. The van der Waals surface area contributed by atoms with Crippen LogP contribution in [0.3, 0.4) is 0 Å². The molecule has 0 radical (unpaired) electrons. The van der Waals surface area contributed by atoms with Crippen molar-refractivity contribution in [2.45, 2.75) is 66.5 Å². The van der Waals surface area contributed by atoms with Crippen LogP contribution in [0.1, 0.15) is 54.4 Å². The number of amides is 1. The molecule has 0 fully saturated rings. The van der Waals surface area contributed by atoms with Crippen molar-refractivity contribution in [3.05, 3.63) is 0 Å². The van der Waals surface area contributed by atoms with Gasteiger partial charge in [-0.15, -0.1) is 0 Å². The average molecular weight is 243 g/mol. The second-order valence-corrected chi connectivity index (χ2v) is 5.91. The summed E-state index contributed by atoms with van der Waals surface area (Å²) in [6.45, 7) is 12.8. The molecule has 0 saturated heterocycles. The fraction of sp³-hybridized carbons (Fsp3) is 0.929. The standard InChI is InChI=1S/C14H29NO2/c1-10(2)7-13(8-11(3)4)17-9-14(16)15-12(5)6/h10-13H,7-9H2,1-6H3,(H,15,16). The average Bonchev–Trinajstić information content (AvgIpc) is 2.11. The van der Waals surface area contributed by atoms with Crippen molar-refractivity contribution in [2.75, 3.05) is 6.61 Å². The summed E-state index contributed by atoms with van der Waals surface area (Å²) >= 11 is 0. The van der Waals surface area contributed by atoms with Gasteiger partial charge in [-0.3, -0.25) is 4.79 Å². The molecule has 3 nitrogen and oxygen atoms in total. The van der Waals surface area contributed by atoms with Crippen LogP contribution < -0.4 is 5.32 Å². The number of hydrogen-bond donors (Lipinski definition) is 1. The maximum absolute atomic E-state index is 11.5. The lowest BCUT2D eigenvalue weighted by Crippen LogP contribution is -2.35. The number of nitrogens with one attached hydrogen (secondary N) is 1. The Morgan fingerprint density at radius 2 is 1.47 bits per heavy atom. The number of carbonyl (C=O) groups is 1. The van der Waals surface area contributed by atoms with Crippen LogP contribution in [0.25, 0.3) is 0 Å². The molecule has 17 heavy (non-hydrogen) atoms. The summed E-state index contributed by atoms with van der Waals surface area (Å²) in [5.74, 6) is 1.19. The van der Waals surface area contributed by atoms with E-state index in [-0.39, 0.29) is 24.7 Å². The fourth-order valence-corrected chi connectivity index (χ4v) is 1.84. The summed E-state index contributed by atoms with van der Waals surface area (Å²) in [6.07, 6.45) is 2.24.